The Morgan fingerprint density at radius 3 is 2.35 bits per heavy atom. The van der Waals surface area contributed by atoms with Crippen molar-refractivity contribution in [3.05, 3.63) is 35.9 Å². The van der Waals surface area contributed by atoms with Gasteiger partial charge in [-0.15, -0.1) is 0 Å². The number of carbonyl (C=O) groups is 1. The van der Waals surface area contributed by atoms with Gasteiger partial charge in [-0.3, -0.25) is 9.69 Å². The first-order chi connectivity index (χ1) is 11.0. The number of sulfone groups is 1. The molecule has 23 heavy (non-hydrogen) atoms. The predicted octanol–water partition coefficient (Wildman–Crippen LogP) is 1.37. The van der Waals surface area contributed by atoms with E-state index in [4.69, 9.17) is 0 Å². The highest BCUT2D eigenvalue weighted by molar-refractivity contribution is 7.91. The number of benzene rings is 1. The van der Waals surface area contributed by atoms with Crippen LogP contribution in [0.2, 0.25) is 0 Å². The van der Waals surface area contributed by atoms with Crippen LogP contribution in [0.1, 0.15) is 31.4 Å². The fraction of sp³-hybridized carbons (Fsp3) is 0.588. The molecule has 1 heterocycles. The summed E-state index contributed by atoms with van der Waals surface area (Å²) in [4.78, 5) is 14.8. The maximum atomic E-state index is 12.8. The summed E-state index contributed by atoms with van der Waals surface area (Å²) in [5, 5.41) is 3.13. The second-order valence-electron chi connectivity index (χ2n) is 6.64. The summed E-state index contributed by atoms with van der Waals surface area (Å²) < 4.78 is 23.3. The lowest BCUT2D eigenvalue weighted by Gasteiger charge is -2.34. The van der Waals surface area contributed by atoms with Crippen LogP contribution in [0.5, 0.6) is 0 Å². The Hall–Kier alpha value is -1.40. The maximum absolute atomic E-state index is 12.8. The van der Waals surface area contributed by atoms with Gasteiger partial charge in [-0.25, -0.2) is 8.42 Å². The highest BCUT2D eigenvalue weighted by Gasteiger charge is 2.35. The lowest BCUT2D eigenvalue weighted by Crippen LogP contribution is -2.49. The fourth-order valence-electron chi connectivity index (χ4n) is 3.17. The number of nitrogens with one attached hydrogen (secondary N) is 1. The quantitative estimate of drug-likeness (QED) is 0.882. The standard InChI is InChI=1S/C17H24N2O3S/c1-13(14-7-8-14)18-17(20)16(15-5-3-2-4-6-15)19-9-11-23(21,22)12-10-19/h2-6,13-14,16H,7-12H2,1H3,(H,18,20)/t13-,16+/m1/s1. The van der Waals surface area contributed by atoms with Gasteiger partial charge in [-0.2, -0.15) is 0 Å². The van der Waals surface area contributed by atoms with E-state index in [0.717, 1.165) is 5.56 Å². The van der Waals surface area contributed by atoms with Gasteiger partial charge in [0.1, 0.15) is 6.04 Å². The Kier molecular flexibility index (Phi) is 4.73. The van der Waals surface area contributed by atoms with Crippen molar-refractivity contribution in [2.75, 3.05) is 24.6 Å². The average Bonchev–Trinajstić information content (AvgIpc) is 3.35. The summed E-state index contributed by atoms with van der Waals surface area (Å²) in [6, 6.07) is 9.41. The summed E-state index contributed by atoms with van der Waals surface area (Å²) >= 11 is 0. The van der Waals surface area contributed by atoms with Gasteiger partial charge in [0.05, 0.1) is 11.5 Å². The molecule has 0 aromatic heterocycles. The van der Waals surface area contributed by atoms with Crippen molar-refractivity contribution in [1.82, 2.24) is 10.2 Å². The van der Waals surface area contributed by atoms with Crippen LogP contribution in [-0.4, -0.2) is 49.9 Å². The van der Waals surface area contributed by atoms with Crippen molar-refractivity contribution in [3.8, 4) is 0 Å². The molecule has 5 nitrogen and oxygen atoms in total. The highest BCUT2D eigenvalue weighted by Crippen LogP contribution is 2.33. The molecule has 2 fully saturated rings. The van der Waals surface area contributed by atoms with Crippen molar-refractivity contribution >= 4 is 15.7 Å². The minimum absolute atomic E-state index is 0.0186. The van der Waals surface area contributed by atoms with E-state index in [1.165, 1.54) is 12.8 Å². The Labute approximate surface area is 138 Å². The van der Waals surface area contributed by atoms with Gasteiger partial charge in [0, 0.05) is 19.1 Å². The molecule has 1 amide bonds. The molecule has 2 aliphatic rings. The summed E-state index contributed by atoms with van der Waals surface area (Å²) in [6.45, 7) is 2.87. The summed E-state index contributed by atoms with van der Waals surface area (Å²) in [6.07, 6.45) is 2.36. The van der Waals surface area contributed by atoms with Crippen LogP contribution in [0.4, 0.5) is 0 Å². The van der Waals surface area contributed by atoms with Gasteiger partial charge in [-0.1, -0.05) is 30.3 Å². The lowest BCUT2D eigenvalue weighted by atomic mass is 10.0. The molecule has 2 atom stereocenters. The second kappa shape index (κ2) is 6.61. The lowest BCUT2D eigenvalue weighted by molar-refractivity contribution is -0.127. The Balaban J connectivity index is 1.77. The van der Waals surface area contributed by atoms with Crippen LogP contribution < -0.4 is 5.32 Å². The Bertz CT molecular complexity index is 642. The molecule has 0 bridgehead atoms. The second-order valence-corrected chi connectivity index (χ2v) is 8.94. The number of amides is 1. The Morgan fingerprint density at radius 2 is 1.78 bits per heavy atom. The zero-order chi connectivity index (χ0) is 16.4. The van der Waals surface area contributed by atoms with Gasteiger partial charge in [0.15, 0.2) is 9.84 Å². The molecule has 1 saturated heterocycles. The molecule has 1 aromatic rings. The average molecular weight is 336 g/mol. The van der Waals surface area contributed by atoms with Crippen molar-refractivity contribution in [2.45, 2.75) is 31.8 Å². The van der Waals surface area contributed by atoms with E-state index in [0.29, 0.717) is 19.0 Å². The molecule has 1 aliphatic carbocycles. The number of nitrogens with zero attached hydrogens (tertiary/aromatic N) is 1. The molecule has 3 rings (SSSR count). The summed E-state index contributed by atoms with van der Waals surface area (Å²) in [7, 11) is -2.96. The fourth-order valence-corrected chi connectivity index (χ4v) is 4.39. The van der Waals surface area contributed by atoms with E-state index >= 15 is 0 Å². The smallest absolute Gasteiger partial charge is 0.242 e. The van der Waals surface area contributed by atoms with E-state index in [2.05, 4.69) is 12.2 Å². The van der Waals surface area contributed by atoms with E-state index < -0.39 is 15.9 Å². The van der Waals surface area contributed by atoms with E-state index in [9.17, 15) is 13.2 Å². The van der Waals surface area contributed by atoms with Gasteiger partial charge < -0.3 is 5.32 Å². The summed E-state index contributed by atoms with van der Waals surface area (Å²) in [5.74, 6) is 0.829. The monoisotopic (exact) mass is 336 g/mol. The van der Waals surface area contributed by atoms with Crippen molar-refractivity contribution in [2.24, 2.45) is 5.92 Å². The molecule has 1 aromatic carbocycles. The Morgan fingerprint density at radius 1 is 1.17 bits per heavy atom. The summed E-state index contributed by atoms with van der Waals surface area (Å²) in [5.41, 5.74) is 0.923. The van der Waals surface area contributed by atoms with Crippen molar-refractivity contribution in [3.63, 3.8) is 0 Å². The van der Waals surface area contributed by atoms with Gasteiger partial charge in [-0.05, 0) is 31.2 Å². The van der Waals surface area contributed by atoms with Gasteiger partial charge in [0.2, 0.25) is 5.91 Å². The number of hydrogen-bond donors (Lipinski definition) is 1. The minimum Gasteiger partial charge on any atom is -0.352 e. The zero-order valence-electron chi connectivity index (χ0n) is 13.4. The SMILES string of the molecule is C[C@@H](NC(=O)[C@H](c1ccccc1)N1CCS(=O)(=O)CC1)C1CC1. The van der Waals surface area contributed by atoms with Crippen molar-refractivity contribution in [1.29, 1.82) is 0 Å². The van der Waals surface area contributed by atoms with Crippen LogP contribution in [0.15, 0.2) is 30.3 Å². The van der Waals surface area contributed by atoms with Crippen LogP contribution >= 0.6 is 0 Å². The first kappa shape index (κ1) is 16.5. The largest absolute Gasteiger partial charge is 0.352 e. The first-order valence-corrected chi connectivity index (χ1v) is 10.1. The number of rotatable bonds is 5. The van der Waals surface area contributed by atoms with Crippen LogP contribution in [0.25, 0.3) is 0 Å². The first-order valence-electron chi connectivity index (χ1n) is 8.26. The van der Waals surface area contributed by atoms with E-state index in [1.54, 1.807) is 0 Å². The predicted molar refractivity (Wildman–Crippen MR) is 89.7 cm³/mol. The third-order valence-electron chi connectivity index (χ3n) is 4.81. The molecule has 1 N–H and O–H groups in total. The third-order valence-corrected chi connectivity index (χ3v) is 6.42. The van der Waals surface area contributed by atoms with Crippen molar-refractivity contribution < 1.29 is 13.2 Å². The minimum atomic E-state index is -2.96. The molecular formula is C17H24N2O3S. The molecule has 0 spiro atoms. The number of carbonyl (C=O) groups excluding carboxylic acids is 1. The van der Waals surface area contributed by atoms with Crippen LogP contribution in [0.3, 0.4) is 0 Å². The van der Waals surface area contributed by atoms with Gasteiger partial charge in [0.25, 0.3) is 0 Å². The molecule has 1 saturated carbocycles. The molecule has 0 radical (unpaired) electrons. The normalized spacial score (nSPS) is 23.9. The molecule has 1 aliphatic heterocycles. The highest BCUT2D eigenvalue weighted by atomic mass is 32.2. The van der Waals surface area contributed by atoms with Crippen LogP contribution in [0, 0.1) is 5.92 Å². The molecule has 126 valence electrons. The number of hydrogen-bond acceptors (Lipinski definition) is 4. The zero-order valence-corrected chi connectivity index (χ0v) is 14.3. The third kappa shape index (κ3) is 4.12. The molecule has 0 unspecified atom stereocenters. The van der Waals surface area contributed by atoms with E-state index in [-0.39, 0.29) is 23.5 Å². The van der Waals surface area contributed by atoms with Crippen LogP contribution in [-0.2, 0) is 14.6 Å². The molecular weight excluding hydrogens is 312 g/mol. The van der Waals surface area contributed by atoms with Gasteiger partial charge >= 0.3 is 0 Å². The maximum Gasteiger partial charge on any atom is 0.242 e. The topological polar surface area (TPSA) is 66.5 Å². The molecule has 6 heteroatoms. The van der Waals surface area contributed by atoms with E-state index in [1.807, 2.05) is 35.2 Å².